The summed E-state index contributed by atoms with van der Waals surface area (Å²) in [5.41, 5.74) is 1.43. The van der Waals surface area contributed by atoms with E-state index in [1.807, 2.05) is 6.92 Å². The van der Waals surface area contributed by atoms with Gasteiger partial charge in [-0.2, -0.15) is 0 Å². The highest BCUT2D eigenvalue weighted by Gasteiger charge is 2.59. The van der Waals surface area contributed by atoms with E-state index in [-0.39, 0.29) is 11.8 Å². The molecule has 2 aliphatic heterocycles. The first kappa shape index (κ1) is 17.0. The average Bonchev–Trinajstić information content (AvgIpc) is 3.17. The zero-order valence-corrected chi connectivity index (χ0v) is 14.9. The van der Waals surface area contributed by atoms with Crippen LogP contribution in [-0.2, 0) is 9.67 Å². The van der Waals surface area contributed by atoms with Crippen LogP contribution in [0.5, 0.6) is 0 Å². The molecule has 1 saturated heterocycles. The Morgan fingerprint density at radius 1 is 1.15 bits per heavy atom. The molecule has 0 N–H and O–H groups in total. The van der Waals surface area contributed by atoms with E-state index in [0.717, 1.165) is 0 Å². The third kappa shape index (κ3) is 2.26. The predicted octanol–water partition coefficient (Wildman–Crippen LogP) is 3.37. The molecule has 2 amide bonds. The zero-order chi connectivity index (χ0) is 18.5. The third-order valence-corrected chi connectivity index (χ3v) is 6.23. The SMILES string of the molecule is CCN1C(=O)[C@@]2(SCCN2C(=O)c2ccc(F)cc2)c2cc(F)ccc21. The van der Waals surface area contributed by atoms with Crippen LogP contribution in [-0.4, -0.2) is 35.6 Å². The van der Waals surface area contributed by atoms with Gasteiger partial charge < -0.3 is 9.80 Å². The third-order valence-electron chi connectivity index (χ3n) is 4.81. The van der Waals surface area contributed by atoms with E-state index < -0.39 is 16.5 Å². The van der Waals surface area contributed by atoms with Gasteiger partial charge in [0.05, 0.1) is 5.69 Å². The molecular formula is C19H16F2N2O2S. The van der Waals surface area contributed by atoms with Crippen molar-refractivity contribution in [2.24, 2.45) is 0 Å². The molecule has 4 nitrogen and oxygen atoms in total. The Bertz CT molecular complexity index is 903. The molecule has 1 atom stereocenters. The Kier molecular flexibility index (Phi) is 3.99. The molecule has 134 valence electrons. The van der Waals surface area contributed by atoms with Crippen LogP contribution in [0.2, 0.25) is 0 Å². The standard InChI is InChI=1S/C19H16F2N2O2S/c1-2-22-16-8-7-14(21)11-15(16)19(18(22)25)23(9-10-26-19)17(24)12-3-5-13(20)6-4-12/h3-8,11H,2,9-10H2,1H3/t19-/m0/s1. The van der Waals surface area contributed by atoms with Gasteiger partial charge in [0.1, 0.15) is 11.6 Å². The molecule has 2 heterocycles. The van der Waals surface area contributed by atoms with Gasteiger partial charge in [-0.25, -0.2) is 8.78 Å². The number of hydrogen-bond donors (Lipinski definition) is 0. The molecule has 0 unspecified atom stereocenters. The molecule has 2 aromatic rings. The molecule has 4 rings (SSSR count). The highest BCUT2D eigenvalue weighted by Crippen LogP contribution is 2.54. The lowest BCUT2D eigenvalue weighted by molar-refractivity contribution is -0.123. The smallest absolute Gasteiger partial charge is 0.268 e. The molecule has 7 heteroatoms. The molecule has 2 aromatic carbocycles. The quantitative estimate of drug-likeness (QED) is 0.809. The average molecular weight is 374 g/mol. The molecule has 2 aliphatic rings. The van der Waals surface area contributed by atoms with Gasteiger partial charge in [-0.15, -0.1) is 11.8 Å². The summed E-state index contributed by atoms with van der Waals surface area (Å²) in [5, 5.41) is 0. The van der Waals surface area contributed by atoms with E-state index >= 15 is 0 Å². The fourth-order valence-corrected chi connectivity index (χ4v) is 5.10. The van der Waals surface area contributed by atoms with Crippen molar-refractivity contribution in [3.05, 3.63) is 65.2 Å². The molecule has 26 heavy (non-hydrogen) atoms. The minimum atomic E-state index is -1.26. The minimum Gasteiger partial charge on any atom is -0.311 e. The summed E-state index contributed by atoms with van der Waals surface area (Å²) < 4.78 is 27.2. The molecule has 0 radical (unpaired) electrons. The highest BCUT2D eigenvalue weighted by atomic mass is 32.2. The van der Waals surface area contributed by atoms with Crippen LogP contribution >= 0.6 is 11.8 Å². The minimum absolute atomic E-state index is 0.237. The van der Waals surface area contributed by atoms with Gasteiger partial charge in [0.15, 0.2) is 4.87 Å². The summed E-state index contributed by atoms with van der Waals surface area (Å²) in [5.74, 6) is -0.925. The number of carbonyl (C=O) groups is 2. The summed E-state index contributed by atoms with van der Waals surface area (Å²) >= 11 is 1.34. The molecule has 1 fully saturated rings. The fourth-order valence-electron chi connectivity index (χ4n) is 3.65. The maximum atomic E-state index is 14.0. The van der Waals surface area contributed by atoms with Crippen LogP contribution in [0.1, 0.15) is 22.8 Å². The van der Waals surface area contributed by atoms with E-state index in [2.05, 4.69) is 0 Å². The number of carbonyl (C=O) groups excluding carboxylic acids is 2. The number of fused-ring (bicyclic) bond motifs is 2. The van der Waals surface area contributed by atoms with Crippen LogP contribution < -0.4 is 4.90 Å². The Hall–Kier alpha value is -2.41. The number of likely N-dealkylation sites (N-methyl/N-ethyl adjacent to an activating group) is 1. The largest absolute Gasteiger partial charge is 0.311 e. The van der Waals surface area contributed by atoms with E-state index in [0.29, 0.717) is 35.7 Å². The topological polar surface area (TPSA) is 40.6 Å². The van der Waals surface area contributed by atoms with Crippen molar-refractivity contribution in [3.63, 3.8) is 0 Å². The second-order valence-electron chi connectivity index (χ2n) is 6.17. The molecule has 0 aromatic heterocycles. The number of benzene rings is 2. The molecule has 1 spiro atoms. The van der Waals surface area contributed by atoms with Crippen molar-refractivity contribution in [2.45, 2.75) is 11.8 Å². The molecular weight excluding hydrogens is 358 g/mol. The maximum Gasteiger partial charge on any atom is 0.268 e. The van der Waals surface area contributed by atoms with E-state index in [1.165, 1.54) is 53.1 Å². The Morgan fingerprint density at radius 3 is 2.54 bits per heavy atom. The monoisotopic (exact) mass is 374 g/mol. The summed E-state index contributed by atoms with van der Waals surface area (Å²) in [6.07, 6.45) is 0. The highest BCUT2D eigenvalue weighted by molar-refractivity contribution is 8.01. The van der Waals surface area contributed by atoms with Crippen molar-refractivity contribution < 1.29 is 18.4 Å². The van der Waals surface area contributed by atoms with E-state index in [1.54, 1.807) is 11.0 Å². The summed E-state index contributed by atoms with van der Waals surface area (Å²) in [4.78, 5) is 28.1. The normalized spacial score (nSPS) is 21.6. The first-order valence-corrected chi connectivity index (χ1v) is 9.31. The number of amides is 2. The number of hydrogen-bond acceptors (Lipinski definition) is 3. The van der Waals surface area contributed by atoms with Crippen LogP contribution in [0.15, 0.2) is 42.5 Å². The summed E-state index contributed by atoms with van der Waals surface area (Å²) in [6.45, 7) is 2.63. The number of halogens is 2. The van der Waals surface area contributed by atoms with Crippen molar-refractivity contribution in [1.82, 2.24) is 4.90 Å². The summed E-state index contributed by atoms with van der Waals surface area (Å²) in [6, 6.07) is 9.47. The van der Waals surface area contributed by atoms with Crippen LogP contribution in [0.4, 0.5) is 14.5 Å². The lowest BCUT2D eigenvalue weighted by atomic mass is 10.0. The van der Waals surface area contributed by atoms with Crippen molar-refractivity contribution >= 4 is 29.3 Å². The number of nitrogens with zero attached hydrogens (tertiary/aromatic N) is 2. The molecule has 0 saturated carbocycles. The lowest BCUT2D eigenvalue weighted by Crippen LogP contribution is -2.50. The number of thioether (sulfide) groups is 1. The first-order valence-electron chi connectivity index (χ1n) is 8.32. The van der Waals surface area contributed by atoms with Gasteiger partial charge in [-0.1, -0.05) is 0 Å². The van der Waals surface area contributed by atoms with Gasteiger partial charge in [-0.3, -0.25) is 9.59 Å². The zero-order valence-electron chi connectivity index (χ0n) is 14.0. The predicted molar refractivity (Wildman–Crippen MR) is 96.0 cm³/mol. The number of rotatable bonds is 2. The Morgan fingerprint density at radius 2 is 1.85 bits per heavy atom. The Balaban J connectivity index is 1.84. The van der Waals surface area contributed by atoms with Gasteiger partial charge >= 0.3 is 0 Å². The van der Waals surface area contributed by atoms with Crippen molar-refractivity contribution in [1.29, 1.82) is 0 Å². The van der Waals surface area contributed by atoms with E-state index in [9.17, 15) is 18.4 Å². The molecule has 0 bridgehead atoms. The van der Waals surface area contributed by atoms with Gasteiger partial charge in [0.2, 0.25) is 0 Å². The van der Waals surface area contributed by atoms with Crippen molar-refractivity contribution in [2.75, 3.05) is 23.7 Å². The van der Waals surface area contributed by atoms with Gasteiger partial charge in [0, 0.05) is 30.0 Å². The first-order chi connectivity index (χ1) is 12.5. The number of anilines is 1. The van der Waals surface area contributed by atoms with E-state index in [4.69, 9.17) is 0 Å². The summed E-state index contributed by atoms with van der Waals surface area (Å²) in [7, 11) is 0. The van der Waals surface area contributed by atoms with Crippen LogP contribution in [0.3, 0.4) is 0 Å². The van der Waals surface area contributed by atoms with Crippen LogP contribution in [0.25, 0.3) is 0 Å². The Labute approximate surface area is 153 Å². The second kappa shape index (κ2) is 6.09. The van der Waals surface area contributed by atoms with Crippen molar-refractivity contribution in [3.8, 4) is 0 Å². The van der Waals surface area contributed by atoms with Gasteiger partial charge in [-0.05, 0) is 49.4 Å². The molecule has 0 aliphatic carbocycles. The van der Waals surface area contributed by atoms with Gasteiger partial charge in [0.25, 0.3) is 11.8 Å². The lowest BCUT2D eigenvalue weighted by Gasteiger charge is -2.33. The maximum absolute atomic E-state index is 14.0. The fraction of sp³-hybridized carbons (Fsp3) is 0.263. The van der Waals surface area contributed by atoms with Crippen LogP contribution in [0, 0.1) is 11.6 Å². The second-order valence-corrected chi connectivity index (χ2v) is 7.45.